The Balaban J connectivity index is 2.07. The maximum Gasteiger partial charge on any atom is 0.333 e. The Labute approximate surface area is 146 Å². The zero-order chi connectivity index (χ0) is 18.4. The molecule has 2 rings (SSSR count). The van der Waals surface area contributed by atoms with Crippen LogP contribution in [0.5, 0.6) is 0 Å². The average molecular weight is 342 g/mol. The molecule has 1 aromatic heterocycles. The molecule has 0 radical (unpaired) electrons. The predicted molar refractivity (Wildman–Crippen MR) is 95.3 cm³/mol. The fourth-order valence-electron chi connectivity index (χ4n) is 2.16. The van der Waals surface area contributed by atoms with Crippen molar-refractivity contribution in [2.24, 2.45) is 0 Å². The fraction of sp³-hybridized carbons (Fsp3) is 0.278. The average Bonchev–Trinajstić information content (AvgIpc) is 2.56. The summed E-state index contributed by atoms with van der Waals surface area (Å²) in [5, 5.41) is 2.59. The first-order valence-electron chi connectivity index (χ1n) is 7.98. The molecule has 0 aliphatic carbocycles. The predicted octanol–water partition coefficient (Wildman–Crippen LogP) is 1.56. The van der Waals surface area contributed by atoms with Crippen molar-refractivity contribution in [3.63, 3.8) is 0 Å². The highest BCUT2D eigenvalue weighted by molar-refractivity contribution is 5.94. The summed E-state index contributed by atoms with van der Waals surface area (Å²) in [6, 6.07) is 10.0. The summed E-state index contributed by atoms with van der Waals surface area (Å²) < 4.78 is 1.45. The van der Waals surface area contributed by atoms with Crippen molar-refractivity contribution in [1.29, 1.82) is 0 Å². The van der Waals surface area contributed by atoms with Crippen LogP contribution in [0.15, 0.2) is 47.4 Å². The lowest BCUT2D eigenvalue weighted by Crippen LogP contribution is -2.48. The highest BCUT2D eigenvalue weighted by atomic mass is 16.2. The van der Waals surface area contributed by atoms with Gasteiger partial charge in [-0.2, -0.15) is 0 Å². The second-order valence-electron chi connectivity index (χ2n) is 6.08. The highest BCUT2D eigenvalue weighted by Gasteiger charge is 2.10. The third-order valence-electron chi connectivity index (χ3n) is 3.43. The van der Waals surface area contributed by atoms with Gasteiger partial charge < -0.3 is 9.88 Å². The molecular weight excluding hydrogens is 320 g/mol. The molecule has 132 valence electrons. The van der Waals surface area contributed by atoms with E-state index in [1.165, 1.54) is 22.9 Å². The summed E-state index contributed by atoms with van der Waals surface area (Å²) in [6.45, 7) is 5.97. The second kappa shape index (κ2) is 8.14. The van der Waals surface area contributed by atoms with E-state index in [0.717, 1.165) is 11.1 Å². The Morgan fingerprint density at radius 2 is 1.72 bits per heavy atom. The Morgan fingerprint density at radius 1 is 1.04 bits per heavy atom. The molecule has 0 saturated heterocycles. The summed E-state index contributed by atoms with van der Waals surface area (Å²) in [5.74, 6) is -0.503. The van der Waals surface area contributed by atoms with Crippen LogP contribution in [0.2, 0.25) is 0 Å². The van der Waals surface area contributed by atoms with Gasteiger partial charge in [-0.3, -0.25) is 15.0 Å². The number of urea groups is 1. The minimum Gasteiger partial charge on any atom is -0.335 e. The van der Waals surface area contributed by atoms with Crippen LogP contribution >= 0.6 is 0 Å². The molecule has 0 aliphatic rings. The molecule has 3 N–H and O–H groups in total. The number of nitrogens with one attached hydrogen (secondary N) is 3. The van der Waals surface area contributed by atoms with Gasteiger partial charge >= 0.3 is 6.03 Å². The summed E-state index contributed by atoms with van der Waals surface area (Å²) in [7, 11) is 0. The van der Waals surface area contributed by atoms with Crippen LogP contribution in [0.4, 0.5) is 4.79 Å². The molecular formula is C18H22N4O3. The van der Waals surface area contributed by atoms with Crippen LogP contribution in [0.25, 0.3) is 0 Å². The number of aromatic nitrogens is 1. The van der Waals surface area contributed by atoms with Crippen molar-refractivity contribution >= 4 is 11.9 Å². The molecule has 1 aromatic carbocycles. The number of aryl methyl sites for hydroxylation is 1. The number of nitrogens with zero attached hydrogens (tertiary/aromatic N) is 1. The van der Waals surface area contributed by atoms with Crippen LogP contribution in [0.3, 0.4) is 0 Å². The van der Waals surface area contributed by atoms with E-state index in [-0.39, 0.29) is 17.2 Å². The van der Waals surface area contributed by atoms with Gasteiger partial charge in [-0.15, -0.1) is 0 Å². The van der Waals surface area contributed by atoms with Crippen LogP contribution in [0, 0.1) is 6.92 Å². The van der Waals surface area contributed by atoms with Crippen molar-refractivity contribution in [3.8, 4) is 0 Å². The third-order valence-corrected chi connectivity index (χ3v) is 3.43. The molecule has 2 aromatic rings. The van der Waals surface area contributed by atoms with Gasteiger partial charge in [0.15, 0.2) is 0 Å². The summed E-state index contributed by atoms with van der Waals surface area (Å²) >= 11 is 0. The van der Waals surface area contributed by atoms with Crippen molar-refractivity contribution in [2.75, 3.05) is 0 Å². The van der Waals surface area contributed by atoms with Crippen LogP contribution in [0.1, 0.15) is 35.3 Å². The van der Waals surface area contributed by atoms with Crippen molar-refractivity contribution < 1.29 is 9.59 Å². The van der Waals surface area contributed by atoms with Gasteiger partial charge in [0, 0.05) is 18.3 Å². The van der Waals surface area contributed by atoms with Gasteiger partial charge in [-0.05, 0) is 32.4 Å². The number of benzene rings is 1. The minimum atomic E-state index is -0.503. The number of rotatable bonds is 4. The monoisotopic (exact) mass is 342 g/mol. The Bertz CT molecular complexity index is 810. The van der Waals surface area contributed by atoms with E-state index in [2.05, 4.69) is 16.2 Å². The normalized spacial score (nSPS) is 10.4. The highest BCUT2D eigenvalue weighted by Crippen LogP contribution is 2.05. The Kier molecular flexibility index (Phi) is 5.94. The van der Waals surface area contributed by atoms with Crippen LogP contribution < -0.4 is 21.7 Å². The zero-order valence-corrected chi connectivity index (χ0v) is 14.5. The second-order valence-corrected chi connectivity index (χ2v) is 6.08. The molecule has 0 bridgehead atoms. The quantitative estimate of drug-likeness (QED) is 0.736. The van der Waals surface area contributed by atoms with Gasteiger partial charge in [0.25, 0.3) is 11.5 Å². The SMILES string of the molecule is Cc1ccc(Cn2cc(C(=O)NNC(=O)NC(C)C)ccc2=O)cc1. The molecule has 0 aliphatic heterocycles. The van der Waals surface area contributed by atoms with Crippen molar-refractivity contribution in [1.82, 2.24) is 20.7 Å². The molecule has 0 atom stereocenters. The first-order valence-corrected chi connectivity index (χ1v) is 7.98. The first-order chi connectivity index (χ1) is 11.8. The number of carbonyl (C=O) groups is 2. The maximum atomic E-state index is 12.1. The first kappa shape index (κ1) is 18.3. The van der Waals surface area contributed by atoms with Gasteiger partial charge in [0.2, 0.25) is 0 Å². The number of hydrogen-bond acceptors (Lipinski definition) is 3. The van der Waals surface area contributed by atoms with Gasteiger partial charge in [-0.1, -0.05) is 29.8 Å². The largest absolute Gasteiger partial charge is 0.335 e. The van der Waals surface area contributed by atoms with E-state index < -0.39 is 11.9 Å². The molecule has 0 spiro atoms. The van der Waals surface area contributed by atoms with E-state index in [1.807, 2.05) is 45.0 Å². The van der Waals surface area contributed by atoms with E-state index >= 15 is 0 Å². The van der Waals surface area contributed by atoms with Gasteiger partial charge in [0.1, 0.15) is 0 Å². The molecule has 1 heterocycles. The van der Waals surface area contributed by atoms with Gasteiger partial charge in [-0.25, -0.2) is 10.2 Å². The van der Waals surface area contributed by atoms with E-state index in [4.69, 9.17) is 0 Å². The van der Waals surface area contributed by atoms with Crippen molar-refractivity contribution in [2.45, 2.75) is 33.4 Å². The molecule has 0 unspecified atom stereocenters. The molecule has 3 amide bonds. The van der Waals surface area contributed by atoms with E-state index in [9.17, 15) is 14.4 Å². The van der Waals surface area contributed by atoms with Crippen molar-refractivity contribution in [3.05, 3.63) is 69.6 Å². The summed E-state index contributed by atoms with van der Waals surface area (Å²) in [4.78, 5) is 35.6. The Morgan fingerprint density at radius 3 is 2.36 bits per heavy atom. The number of hydrazine groups is 1. The number of carbonyl (C=O) groups excluding carboxylic acids is 2. The number of pyridine rings is 1. The van der Waals surface area contributed by atoms with E-state index in [0.29, 0.717) is 6.54 Å². The smallest absolute Gasteiger partial charge is 0.333 e. The van der Waals surface area contributed by atoms with Crippen LogP contribution in [-0.2, 0) is 6.54 Å². The fourth-order valence-corrected chi connectivity index (χ4v) is 2.16. The lowest BCUT2D eigenvalue weighted by atomic mass is 10.1. The molecule has 25 heavy (non-hydrogen) atoms. The minimum absolute atomic E-state index is 0.0479. The third kappa shape index (κ3) is 5.49. The number of amides is 3. The molecule has 7 heteroatoms. The van der Waals surface area contributed by atoms with E-state index in [1.54, 1.807) is 0 Å². The maximum absolute atomic E-state index is 12.1. The lowest BCUT2D eigenvalue weighted by Gasteiger charge is -2.12. The van der Waals surface area contributed by atoms with Gasteiger partial charge in [0.05, 0.1) is 12.1 Å². The zero-order valence-electron chi connectivity index (χ0n) is 14.5. The lowest BCUT2D eigenvalue weighted by molar-refractivity contribution is 0.0935. The number of hydrogen-bond donors (Lipinski definition) is 3. The topological polar surface area (TPSA) is 92.2 Å². The molecule has 0 saturated carbocycles. The molecule has 0 fully saturated rings. The standard InChI is InChI=1S/C18H22N4O3/c1-12(2)19-18(25)21-20-17(24)15-8-9-16(23)22(11-15)10-14-6-4-13(3)5-7-14/h4-9,11-12H,10H2,1-3H3,(H,20,24)(H2,19,21,25). The summed E-state index contributed by atoms with van der Waals surface area (Å²) in [5.41, 5.74) is 6.73. The summed E-state index contributed by atoms with van der Waals surface area (Å²) in [6.07, 6.45) is 1.47. The Hall–Kier alpha value is -3.09. The molecule has 7 nitrogen and oxygen atoms in total. The van der Waals surface area contributed by atoms with Crippen LogP contribution in [-0.4, -0.2) is 22.5 Å².